The van der Waals surface area contributed by atoms with Gasteiger partial charge in [-0.05, 0) is 24.6 Å². The molecule has 2 aromatic carbocycles. The third-order valence-corrected chi connectivity index (χ3v) is 5.74. The molecule has 31 heavy (non-hydrogen) atoms. The smallest absolute Gasteiger partial charge is 0.258 e. The van der Waals surface area contributed by atoms with E-state index in [0.29, 0.717) is 17.5 Å². The first-order valence-electron chi connectivity index (χ1n) is 9.50. The molecule has 1 aromatic heterocycles. The van der Waals surface area contributed by atoms with Crippen molar-refractivity contribution >= 4 is 15.9 Å². The zero-order valence-corrected chi connectivity index (χ0v) is 18.3. The molecule has 1 amide bonds. The molecule has 1 heterocycles. The van der Waals surface area contributed by atoms with Gasteiger partial charge >= 0.3 is 0 Å². The fourth-order valence-corrected chi connectivity index (χ4v) is 2.97. The molecule has 9 nitrogen and oxygen atoms in total. The summed E-state index contributed by atoms with van der Waals surface area (Å²) in [6.45, 7) is 2.17. The standard InChI is InChI=1S/C21H24N4O5S/c1-15-4-8-17(9-5-15)21-23-20(30-24-21)12-22-19(26)14-29-18-10-6-16(7-11-18)13-25(2)31(3,27)28/h4-11H,12-14H2,1-3H3,(H,22,26). The maximum atomic E-state index is 12.0. The van der Waals surface area contributed by atoms with Gasteiger partial charge in [-0.15, -0.1) is 0 Å². The highest BCUT2D eigenvalue weighted by molar-refractivity contribution is 7.88. The Balaban J connectivity index is 1.45. The molecule has 0 atom stereocenters. The molecule has 0 aliphatic carbocycles. The van der Waals surface area contributed by atoms with Crippen LogP contribution in [0.25, 0.3) is 11.4 Å². The van der Waals surface area contributed by atoms with Gasteiger partial charge in [-0.3, -0.25) is 4.79 Å². The number of aromatic nitrogens is 2. The highest BCUT2D eigenvalue weighted by atomic mass is 32.2. The van der Waals surface area contributed by atoms with Gasteiger partial charge in [0.05, 0.1) is 12.8 Å². The Bertz CT molecular complexity index is 1130. The van der Waals surface area contributed by atoms with E-state index in [-0.39, 0.29) is 25.6 Å². The summed E-state index contributed by atoms with van der Waals surface area (Å²) in [4.78, 5) is 16.3. The van der Waals surface area contributed by atoms with Gasteiger partial charge < -0.3 is 14.6 Å². The second-order valence-corrected chi connectivity index (χ2v) is 9.20. The van der Waals surface area contributed by atoms with Gasteiger partial charge in [-0.1, -0.05) is 47.1 Å². The van der Waals surface area contributed by atoms with Crippen LogP contribution in [0.5, 0.6) is 5.75 Å². The molecule has 3 aromatic rings. The van der Waals surface area contributed by atoms with Crippen molar-refractivity contribution < 1.29 is 22.5 Å². The topological polar surface area (TPSA) is 115 Å². The summed E-state index contributed by atoms with van der Waals surface area (Å²) < 4.78 is 34.8. The van der Waals surface area contributed by atoms with Crippen molar-refractivity contribution in [3.05, 3.63) is 65.5 Å². The number of carbonyl (C=O) groups excluding carboxylic acids is 1. The molecule has 0 radical (unpaired) electrons. The fraction of sp³-hybridized carbons (Fsp3) is 0.286. The Morgan fingerprint density at radius 3 is 2.45 bits per heavy atom. The average Bonchev–Trinajstić information content (AvgIpc) is 3.20. The molecule has 10 heteroatoms. The number of aryl methyl sites for hydroxylation is 1. The molecule has 0 bridgehead atoms. The van der Waals surface area contributed by atoms with Crippen LogP contribution in [-0.2, 0) is 27.9 Å². The van der Waals surface area contributed by atoms with Crippen molar-refractivity contribution in [1.82, 2.24) is 19.8 Å². The first-order chi connectivity index (χ1) is 14.7. The summed E-state index contributed by atoms with van der Waals surface area (Å²) in [5.41, 5.74) is 2.78. The van der Waals surface area contributed by atoms with Crippen LogP contribution in [0.1, 0.15) is 17.0 Å². The first kappa shape index (κ1) is 22.4. The molecule has 0 spiro atoms. The number of sulfonamides is 1. The van der Waals surface area contributed by atoms with Crippen molar-refractivity contribution in [1.29, 1.82) is 0 Å². The van der Waals surface area contributed by atoms with E-state index in [4.69, 9.17) is 9.26 Å². The van der Waals surface area contributed by atoms with Crippen molar-refractivity contribution in [2.24, 2.45) is 0 Å². The Morgan fingerprint density at radius 2 is 1.81 bits per heavy atom. The number of amides is 1. The summed E-state index contributed by atoms with van der Waals surface area (Å²) in [6.07, 6.45) is 1.15. The van der Waals surface area contributed by atoms with Gasteiger partial charge in [-0.2, -0.15) is 4.98 Å². The minimum absolute atomic E-state index is 0.0951. The highest BCUT2D eigenvalue weighted by Crippen LogP contribution is 2.16. The van der Waals surface area contributed by atoms with Crippen molar-refractivity contribution in [2.75, 3.05) is 19.9 Å². The molecule has 0 aliphatic rings. The summed E-state index contributed by atoms with van der Waals surface area (Å²) in [5, 5.41) is 6.59. The number of carbonyl (C=O) groups is 1. The van der Waals surface area contributed by atoms with Crippen LogP contribution in [0.4, 0.5) is 0 Å². The third-order valence-electron chi connectivity index (χ3n) is 4.48. The lowest BCUT2D eigenvalue weighted by Crippen LogP contribution is -2.28. The van der Waals surface area contributed by atoms with Crippen LogP contribution in [0.15, 0.2) is 53.1 Å². The van der Waals surface area contributed by atoms with Gasteiger partial charge in [0, 0.05) is 19.2 Å². The van der Waals surface area contributed by atoms with Crippen molar-refractivity contribution in [3.8, 4) is 17.1 Å². The van der Waals surface area contributed by atoms with Crippen LogP contribution in [-0.4, -0.2) is 48.7 Å². The number of ether oxygens (including phenoxy) is 1. The predicted octanol–water partition coefficient (Wildman–Crippen LogP) is 2.13. The highest BCUT2D eigenvalue weighted by Gasteiger charge is 2.12. The average molecular weight is 445 g/mol. The van der Waals surface area contributed by atoms with Crippen LogP contribution < -0.4 is 10.1 Å². The second kappa shape index (κ2) is 9.71. The van der Waals surface area contributed by atoms with E-state index in [1.807, 2.05) is 31.2 Å². The summed E-state index contributed by atoms with van der Waals surface area (Å²) >= 11 is 0. The normalized spacial score (nSPS) is 11.5. The first-order valence-corrected chi connectivity index (χ1v) is 11.3. The van der Waals surface area contributed by atoms with E-state index in [9.17, 15) is 13.2 Å². The summed E-state index contributed by atoms with van der Waals surface area (Å²) in [5.74, 6) is 0.918. The Labute approximate surface area is 181 Å². The van der Waals surface area contributed by atoms with E-state index >= 15 is 0 Å². The SMILES string of the molecule is Cc1ccc(-c2noc(CNC(=O)COc3ccc(CN(C)S(C)(=O)=O)cc3)n2)cc1. The molecule has 0 saturated heterocycles. The lowest BCUT2D eigenvalue weighted by Gasteiger charge is -2.14. The lowest BCUT2D eigenvalue weighted by molar-refractivity contribution is -0.123. The number of hydrogen-bond acceptors (Lipinski definition) is 7. The minimum atomic E-state index is -3.25. The molecular weight excluding hydrogens is 420 g/mol. The van der Waals surface area contributed by atoms with E-state index in [2.05, 4.69) is 15.5 Å². The predicted molar refractivity (Wildman–Crippen MR) is 115 cm³/mol. The zero-order valence-electron chi connectivity index (χ0n) is 17.5. The van der Waals surface area contributed by atoms with E-state index in [0.717, 1.165) is 22.9 Å². The number of benzene rings is 2. The molecule has 0 saturated carbocycles. The largest absolute Gasteiger partial charge is 0.484 e. The van der Waals surface area contributed by atoms with Crippen LogP contribution in [0, 0.1) is 6.92 Å². The summed E-state index contributed by atoms with van der Waals surface area (Å²) in [7, 11) is -1.73. The van der Waals surface area contributed by atoms with Crippen LogP contribution in [0.2, 0.25) is 0 Å². The molecule has 3 rings (SSSR count). The van der Waals surface area contributed by atoms with Crippen molar-refractivity contribution in [3.63, 3.8) is 0 Å². The van der Waals surface area contributed by atoms with Gasteiger partial charge in [-0.25, -0.2) is 12.7 Å². The molecule has 164 valence electrons. The number of nitrogens with one attached hydrogen (secondary N) is 1. The Kier molecular flexibility index (Phi) is 7.03. The minimum Gasteiger partial charge on any atom is -0.484 e. The van der Waals surface area contributed by atoms with Gasteiger partial charge in [0.2, 0.25) is 21.7 Å². The molecular formula is C21H24N4O5S. The maximum Gasteiger partial charge on any atom is 0.258 e. The van der Waals surface area contributed by atoms with Crippen LogP contribution >= 0.6 is 0 Å². The summed E-state index contributed by atoms with van der Waals surface area (Å²) in [6, 6.07) is 14.6. The number of hydrogen-bond donors (Lipinski definition) is 1. The monoisotopic (exact) mass is 444 g/mol. The second-order valence-electron chi connectivity index (χ2n) is 7.11. The molecule has 0 fully saturated rings. The van der Waals surface area contributed by atoms with Crippen molar-refractivity contribution in [2.45, 2.75) is 20.0 Å². The van der Waals surface area contributed by atoms with E-state index in [1.54, 1.807) is 24.3 Å². The molecule has 0 unspecified atom stereocenters. The quantitative estimate of drug-likeness (QED) is 0.538. The lowest BCUT2D eigenvalue weighted by atomic mass is 10.1. The number of rotatable bonds is 9. The van der Waals surface area contributed by atoms with Gasteiger partial charge in [0.1, 0.15) is 5.75 Å². The van der Waals surface area contributed by atoms with E-state index in [1.165, 1.54) is 11.4 Å². The van der Waals surface area contributed by atoms with E-state index < -0.39 is 10.0 Å². The fourth-order valence-electron chi connectivity index (χ4n) is 2.59. The third kappa shape index (κ3) is 6.63. The zero-order chi connectivity index (χ0) is 22.4. The Morgan fingerprint density at radius 1 is 1.13 bits per heavy atom. The van der Waals surface area contributed by atoms with Gasteiger partial charge in [0.15, 0.2) is 6.61 Å². The number of nitrogens with zero attached hydrogens (tertiary/aromatic N) is 3. The molecule has 0 aliphatic heterocycles. The van der Waals surface area contributed by atoms with Crippen LogP contribution in [0.3, 0.4) is 0 Å². The maximum absolute atomic E-state index is 12.0. The Hall–Kier alpha value is -3.24. The van der Waals surface area contributed by atoms with Gasteiger partial charge in [0.25, 0.3) is 5.91 Å². The molecule has 1 N–H and O–H groups in total.